The first-order valence-corrected chi connectivity index (χ1v) is 7.65. The van der Waals surface area contributed by atoms with Gasteiger partial charge in [-0.1, -0.05) is 6.92 Å². The van der Waals surface area contributed by atoms with E-state index in [1.54, 1.807) is 11.7 Å². The van der Waals surface area contributed by atoms with E-state index in [2.05, 4.69) is 17.3 Å². The molecule has 2 saturated carbocycles. The highest BCUT2D eigenvalue weighted by atomic mass is 16.2. The molecular formula is C15H20N4O2. The van der Waals surface area contributed by atoms with Gasteiger partial charge in [-0.25, -0.2) is 9.69 Å². The van der Waals surface area contributed by atoms with Crippen LogP contribution < -0.4 is 10.2 Å². The molecule has 0 spiro atoms. The Balaban J connectivity index is 1.61. The van der Waals surface area contributed by atoms with E-state index in [1.807, 2.05) is 6.07 Å². The number of urea groups is 1. The molecule has 1 N–H and O–H groups in total. The highest BCUT2D eigenvalue weighted by molar-refractivity contribution is 6.21. The molecule has 3 aliphatic rings. The number of hydrogen-bond acceptors (Lipinski definition) is 3. The van der Waals surface area contributed by atoms with Gasteiger partial charge in [0.1, 0.15) is 11.9 Å². The summed E-state index contributed by atoms with van der Waals surface area (Å²) in [4.78, 5) is 26.1. The molecule has 1 aromatic heterocycles. The topological polar surface area (TPSA) is 67.2 Å². The van der Waals surface area contributed by atoms with Crippen LogP contribution in [0.1, 0.15) is 38.3 Å². The summed E-state index contributed by atoms with van der Waals surface area (Å²) in [6.45, 7) is 2.06. The molecule has 112 valence electrons. The lowest BCUT2D eigenvalue weighted by Crippen LogP contribution is -2.37. The van der Waals surface area contributed by atoms with Crippen molar-refractivity contribution in [2.45, 2.75) is 45.1 Å². The third-order valence-corrected chi connectivity index (χ3v) is 5.00. The number of amides is 3. The van der Waals surface area contributed by atoms with Gasteiger partial charge in [0.2, 0.25) is 0 Å². The summed E-state index contributed by atoms with van der Waals surface area (Å²) in [6.07, 6.45) is 5.45. The predicted molar refractivity (Wildman–Crippen MR) is 76.8 cm³/mol. The third kappa shape index (κ3) is 2.04. The van der Waals surface area contributed by atoms with Crippen molar-refractivity contribution in [2.24, 2.45) is 18.4 Å². The number of carbonyl (C=O) groups is 2. The van der Waals surface area contributed by atoms with Crippen LogP contribution in [0.4, 0.5) is 10.6 Å². The van der Waals surface area contributed by atoms with Gasteiger partial charge >= 0.3 is 6.03 Å². The van der Waals surface area contributed by atoms with E-state index in [-0.39, 0.29) is 23.4 Å². The van der Waals surface area contributed by atoms with Gasteiger partial charge in [0.05, 0.1) is 5.69 Å². The van der Waals surface area contributed by atoms with Crippen LogP contribution >= 0.6 is 0 Å². The van der Waals surface area contributed by atoms with Crippen molar-refractivity contribution in [2.75, 3.05) is 4.90 Å². The minimum Gasteiger partial charge on any atom is -0.325 e. The Kier molecular flexibility index (Phi) is 2.50. The van der Waals surface area contributed by atoms with Gasteiger partial charge in [0.15, 0.2) is 0 Å². The minimum absolute atomic E-state index is 0.0586. The largest absolute Gasteiger partial charge is 0.330 e. The van der Waals surface area contributed by atoms with Crippen molar-refractivity contribution >= 4 is 17.8 Å². The molecule has 2 aliphatic carbocycles. The maximum atomic E-state index is 12.6. The number of anilines is 1. The molecule has 1 aliphatic heterocycles. The van der Waals surface area contributed by atoms with Crippen molar-refractivity contribution in [3.05, 3.63) is 11.8 Å². The predicted octanol–water partition coefficient (Wildman–Crippen LogP) is 1.60. The Morgan fingerprint density at radius 2 is 2.10 bits per heavy atom. The van der Waals surface area contributed by atoms with Crippen molar-refractivity contribution in [1.29, 1.82) is 0 Å². The van der Waals surface area contributed by atoms with Crippen LogP contribution in [0.3, 0.4) is 0 Å². The molecular weight excluding hydrogens is 268 g/mol. The van der Waals surface area contributed by atoms with E-state index in [0.29, 0.717) is 5.82 Å². The highest BCUT2D eigenvalue weighted by Gasteiger charge is 2.55. The maximum absolute atomic E-state index is 12.6. The lowest BCUT2D eigenvalue weighted by Gasteiger charge is -2.16. The fraction of sp³-hybridized carbons (Fsp3) is 0.667. The summed E-state index contributed by atoms with van der Waals surface area (Å²) < 4.78 is 1.65. The lowest BCUT2D eigenvalue weighted by molar-refractivity contribution is -0.119. The lowest BCUT2D eigenvalue weighted by atomic mass is 9.99. The van der Waals surface area contributed by atoms with E-state index in [9.17, 15) is 9.59 Å². The van der Waals surface area contributed by atoms with Gasteiger partial charge in [-0.2, -0.15) is 5.10 Å². The summed E-state index contributed by atoms with van der Waals surface area (Å²) in [5, 5.41) is 7.29. The average molecular weight is 288 g/mol. The maximum Gasteiger partial charge on any atom is 0.330 e. The molecule has 1 unspecified atom stereocenters. The molecule has 2 heterocycles. The second-order valence-corrected chi connectivity index (χ2v) is 6.98. The summed E-state index contributed by atoms with van der Waals surface area (Å²) in [6, 6.07) is 1.18. The van der Waals surface area contributed by atoms with E-state index < -0.39 is 0 Å². The summed E-state index contributed by atoms with van der Waals surface area (Å²) >= 11 is 0. The standard InChI is InChI=1S/C15H20N4O2/c1-15(5-6-15)12-13(20)19(14(21)16-12)11-8-10(17-18(11)2)7-9-3-4-9/h8-9,12H,3-7H2,1-2H3,(H,16,21). The van der Waals surface area contributed by atoms with Gasteiger partial charge in [-0.3, -0.25) is 9.48 Å². The third-order valence-electron chi connectivity index (χ3n) is 5.00. The molecule has 3 fully saturated rings. The Hall–Kier alpha value is -1.85. The number of nitrogens with one attached hydrogen (secondary N) is 1. The van der Waals surface area contributed by atoms with Crippen LogP contribution in [0.5, 0.6) is 0 Å². The quantitative estimate of drug-likeness (QED) is 0.856. The van der Waals surface area contributed by atoms with E-state index in [1.165, 1.54) is 17.7 Å². The molecule has 0 radical (unpaired) electrons. The first-order chi connectivity index (χ1) is 9.98. The summed E-state index contributed by atoms with van der Waals surface area (Å²) in [7, 11) is 1.79. The second kappa shape index (κ2) is 4.08. The normalized spacial score (nSPS) is 27.1. The number of hydrogen-bond donors (Lipinski definition) is 1. The molecule has 4 rings (SSSR count). The average Bonchev–Trinajstić information content (AvgIpc) is 3.31. The van der Waals surface area contributed by atoms with Gasteiger partial charge in [-0.05, 0) is 43.4 Å². The molecule has 1 atom stereocenters. The Bertz CT molecular complexity index is 628. The molecule has 6 heteroatoms. The van der Waals surface area contributed by atoms with Crippen molar-refractivity contribution in [3.63, 3.8) is 0 Å². The van der Waals surface area contributed by atoms with Crippen molar-refractivity contribution in [1.82, 2.24) is 15.1 Å². The number of aromatic nitrogens is 2. The zero-order valence-corrected chi connectivity index (χ0v) is 12.4. The molecule has 1 aromatic rings. The van der Waals surface area contributed by atoms with Crippen LogP contribution in [0.2, 0.25) is 0 Å². The van der Waals surface area contributed by atoms with Gasteiger partial charge in [0.25, 0.3) is 5.91 Å². The smallest absolute Gasteiger partial charge is 0.325 e. The Morgan fingerprint density at radius 3 is 2.71 bits per heavy atom. The summed E-state index contributed by atoms with van der Waals surface area (Å²) in [5.41, 5.74) is 0.911. The molecule has 21 heavy (non-hydrogen) atoms. The van der Waals surface area contributed by atoms with Crippen LogP contribution in [-0.4, -0.2) is 27.8 Å². The van der Waals surface area contributed by atoms with E-state index in [4.69, 9.17) is 0 Å². The zero-order chi connectivity index (χ0) is 14.8. The number of carbonyl (C=O) groups excluding carboxylic acids is 2. The highest BCUT2D eigenvalue weighted by Crippen LogP contribution is 2.49. The van der Waals surface area contributed by atoms with E-state index in [0.717, 1.165) is 30.9 Å². The van der Waals surface area contributed by atoms with Crippen LogP contribution in [0.15, 0.2) is 6.07 Å². The van der Waals surface area contributed by atoms with Gasteiger partial charge < -0.3 is 5.32 Å². The van der Waals surface area contributed by atoms with Crippen LogP contribution in [0, 0.1) is 11.3 Å². The molecule has 3 amide bonds. The van der Waals surface area contributed by atoms with Crippen LogP contribution in [0.25, 0.3) is 0 Å². The SMILES string of the molecule is Cn1nc(CC2CC2)cc1N1C(=O)NC(C2(C)CC2)C1=O. The molecule has 1 saturated heterocycles. The molecule has 0 bridgehead atoms. The number of rotatable bonds is 4. The Morgan fingerprint density at radius 1 is 1.38 bits per heavy atom. The first kappa shape index (κ1) is 12.9. The summed E-state index contributed by atoms with van der Waals surface area (Å²) in [5.74, 6) is 1.18. The second-order valence-electron chi connectivity index (χ2n) is 6.98. The number of aryl methyl sites for hydroxylation is 1. The van der Waals surface area contributed by atoms with Crippen molar-refractivity contribution < 1.29 is 9.59 Å². The number of nitrogens with zero attached hydrogens (tertiary/aromatic N) is 3. The van der Waals surface area contributed by atoms with Gasteiger partial charge in [-0.15, -0.1) is 0 Å². The molecule has 6 nitrogen and oxygen atoms in total. The fourth-order valence-electron chi connectivity index (χ4n) is 3.10. The number of imide groups is 1. The van der Waals surface area contributed by atoms with E-state index >= 15 is 0 Å². The molecule has 0 aromatic carbocycles. The van der Waals surface area contributed by atoms with Crippen molar-refractivity contribution in [3.8, 4) is 0 Å². The monoisotopic (exact) mass is 288 g/mol. The van der Waals surface area contributed by atoms with Gasteiger partial charge in [0, 0.05) is 13.1 Å². The Labute approximate surface area is 123 Å². The first-order valence-electron chi connectivity index (χ1n) is 7.65. The van der Waals surface area contributed by atoms with Crippen LogP contribution in [-0.2, 0) is 18.3 Å². The zero-order valence-electron chi connectivity index (χ0n) is 12.4. The minimum atomic E-state index is -0.383. The fourth-order valence-corrected chi connectivity index (χ4v) is 3.10.